The normalized spacial score (nSPS) is 18.5. The van der Waals surface area contributed by atoms with E-state index in [1.54, 1.807) is 17.0 Å². The number of halogens is 1. The molecule has 2 saturated heterocycles. The van der Waals surface area contributed by atoms with Crippen molar-refractivity contribution in [2.75, 3.05) is 62.8 Å². The first-order valence-corrected chi connectivity index (χ1v) is 12.2. The minimum absolute atomic E-state index is 0.0279. The van der Waals surface area contributed by atoms with Crippen LogP contribution in [0.2, 0.25) is 0 Å². The maximum atomic E-state index is 15.0. The molecule has 198 valence electrons. The third-order valence-electron chi connectivity index (χ3n) is 6.50. The van der Waals surface area contributed by atoms with Gasteiger partial charge in [-0.25, -0.2) is 9.18 Å². The summed E-state index contributed by atoms with van der Waals surface area (Å²) in [6, 6.07) is 13.3. The van der Waals surface area contributed by atoms with Crippen molar-refractivity contribution in [3.63, 3.8) is 0 Å². The van der Waals surface area contributed by atoms with Gasteiger partial charge in [-0.15, -0.1) is 0 Å². The predicted octanol–water partition coefficient (Wildman–Crippen LogP) is 1.13. The van der Waals surface area contributed by atoms with Gasteiger partial charge >= 0.3 is 6.09 Å². The maximum Gasteiger partial charge on any atom is 0.414 e. The lowest BCUT2D eigenvalue weighted by Gasteiger charge is -2.36. The summed E-state index contributed by atoms with van der Waals surface area (Å²) in [6.45, 7) is 2.24. The lowest BCUT2D eigenvalue weighted by Crippen LogP contribution is -2.50. The quantitative estimate of drug-likeness (QED) is 0.516. The van der Waals surface area contributed by atoms with Crippen molar-refractivity contribution in [2.45, 2.75) is 18.6 Å². The topological polar surface area (TPSA) is 117 Å². The van der Waals surface area contributed by atoms with Gasteiger partial charge < -0.3 is 30.3 Å². The number of hydrogen-bond acceptors (Lipinski definition) is 7. The van der Waals surface area contributed by atoms with Gasteiger partial charge in [0.15, 0.2) is 0 Å². The van der Waals surface area contributed by atoms with Crippen LogP contribution >= 0.6 is 0 Å². The van der Waals surface area contributed by atoms with Gasteiger partial charge in [0.25, 0.3) is 0 Å². The third kappa shape index (κ3) is 6.55. The summed E-state index contributed by atoms with van der Waals surface area (Å²) in [6.07, 6.45) is -0.793. The monoisotopic (exact) mass is 513 g/mol. The van der Waals surface area contributed by atoms with Gasteiger partial charge in [0, 0.05) is 33.3 Å². The number of ether oxygens (including phenoxy) is 2. The van der Waals surface area contributed by atoms with Gasteiger partial charge in [0.05, 0.1) is 30.5 Å². The van der Waals surface area contributed by atoms with Crippen LogP contribution in [0.3, 0.4) is 0 Å². The number of methoxy groups -OCH3 is 1. The molecule has 4 rings (SSSR count). The summed E-state index contributed by atoms with van der Waals surface area (Å²) in [5.74, 6) is -0.891. The number of piperazine rings is 1. The zero-order chi connectivity index (χ0) is 26.4. The Morgan fingerprint density at radius 3 is 2.57 bits per heavy atom. The number of rotatable bonds is 9. The molecule has 2 aliphatic rings. The highest BCUT2D eigenvalue weighted by molar-refractivity contribution is 5.90. The molecule has 2 aromatic rings. The molecule has 1 unspecified atom stereocenters. The molecule has 0 saturated carbocycles. The molecule has 0 radical (unpaired) electrons. The van der Waals surface area contributed by atoms with Crippen molar-refractivity contribution in [3.05, 3.63) is 59.9 Å². The second kappa shape index (κ2) is 12.0. The molecule has 10 nitrogen and oxygen atoms in total. The van der Waals surface area contributed by atoms with Crippen molar-refractivity contribution in [1.82, 2.24) is 10.2 Å². The summed E-state index contributed by atoms with van der Waals surface area (Å²) >= 11 is 0. The Morgan fingerprint density at radius 2 is 1.89 bits per heavy atom. The van der Waals surface area contributed by atoms with E-state index in [0.717, 1.165) is 5.56 Å². The molecule has 2 fully saturated rings. The Balaban J connectivity index is 1.29. The average Bonchev–Trinajstić information content (AvgIpc) is 3.28. The number of amides is 3. The lowest BCUT2D eigenvalue weighted by molar-refractivity contribution is -0.135. The third-order valence-corrected chi connectivity index (χ3v) is 6.50. The zero-order valence-corrected chi connectivity index (χ0v) is 20.8. The van der Waals surface area contributed by atoms with Crippen molar-refractivity contribution in [1.29, 1.82) is 0 Å². The molecule has 2 heterocycles. The standard InChI is InChI=1S/C26H32FN5O5/c1-36-17-24(33)31-11-9-30(10-12-31)23-8-7-19(14-21(23)27)32-16-20(37-26(32)35)15-29-25(34)22(28)13-18-5-3-2-4-6-18/h2-8,14,20,22H,9-13,15-17,28H2,1H3,(H,29,34)/t20-,22?/m0/s1. The number of benzene rings is 2. The molecule has 2 aromatic carbocycles. The lowest BCUT2D eigenvalue weighted by atomic mass is 10.1. The highest BCUT2D eigenvalue weighted by Gasteiger charge is 2.33. The number of hydrogen-bond donors (Lipinski definition) is 2. The SMILES string of the molecule is COCC(=O)N1CCN(c2ccc(N3C[C@H](CNC(=O)C(N)Cc4ccccc4)OC3=O)cc2F)CC1. The molecular weight excluding hydrogens is 481 g/mol. The molecule has 11 heteroatoms. The van der Waals surface area contributed by atoms with Gasteiger partial charge in [0.2, 0.25) is 11.8 Å². The first-order valence-electron chi connectivity index (χ1n) is 12.2. The van der Waals surface area contributed by atoms with Gasteiger partial charge in [-0.1, -0.05) is 30.3 Å². The zero-order valence-electron chi connectivity index (χ0n) is 20.8. The highest BCUT2D eigenvalue weighted by atomic mass is 19.1. The fraction of sp³-hybridized carbons (Fsp3) is 0.423. The smallest absolute Gasteiger partial charge is 0.414 e. The Labute approximate surface area is 215 Å². The van der Waals surface area contributed by atoms with E-state index in [4.69, 9.17) is 15.2 Å². The molecule has 3 amide bonds. The maximum absolute atomic E-state index is 15.0. The minimum Gasteiger partial charge on any atom is -0.442 e. The Morgan fingerprint density at radius 1 is 1.16 bits per heavy atom. The molecule has 0 bridgehead atoms. The van der Waals surface area contributed by atoms with Crippen LogP contribution in [0.5, 0.6) is 0 Å². The van der Waals surface area contributed by atoms with Gasteiger partial charge in [0.1, 0.15) is 18.5 Å². The van der Waals surface area contributed by atoms with Crippen LogP contribution in [0.15, 0.2) is 48.5 Å². The van der Waals surface area contributed by atoms with Crippen molar-refractivity contribution < 1.29 is 28.2 Å². The van der Waals surface area contributed by atoms with E-state index in [2.05, 4.69) is 5.32 Å². The second-order valence-electron chi connectivity index (χ2n) is 9.09. The number of nitrogens with one attached hydrogen (secondary N) is 1. The van der Waals surface area contributed by atoms with E-state index < -0.39 is 24.1 Å². The van der Waals surface area contributed by atoms with E-state index in [1.165, 1.54) is 18.1 Å². The van der Waals surface area contributed by atoms with Crippen molar-refractivity contribution in [2.24, 2.45) is 5.73 Å². The molecule has 2 aliphatic heterocycles. The fourth-order valence-electron chi connectivity index (χ4n) is 4.48. The first kappa shape index (κ1) is 26.4. The average molecular weight is 514 g/mol. The van der Waals surface area contributed by atoms with Crippen molar-refractivity contribution in [3.8, 4) is 0 Å². The molecular formula is C26H32FN5O5. The summed E-state index contributed by atoms with van der Waals surface area (Å²) in [5, 5.41) is 2.74. The fourth-order valence-corrected chi connectivity index (χ4v) is 4.48. The Bertz CT molecular complexity index is 1110. The molecule has 0 spiro atoms. The van der Waals surface area contributed by atoms with Crippen LogP contribution in [-0.2, 0) is 25.5 Å². The van der Waals surface area contributed by atoms with Crippen LogP contribution < -0.4 is 20.9 Å². The summed E-state index contributed by atoms with van der Waals surface area (Å²) in [7, 11) is 1.47. The highest BCUT2D eigenvalue weighted by Crippen LogP contribution is 2.28. The van der Waals surface area contributed by atoms with E-state index >= 15 is 4.39 Å². The number of anilines is 2. The number of carbonyl (C=O) groups excluding carboxylic acids is 3. The van der Waals surface area contributed by atoms with Crippen LogP contribution in [0.25, 0.3) is 0 Å². The van der Waals surface area contributed by atoms with E-state index in [9.17, 15) is 14.4 Å². The molecule has 2 atom stereocenters. The second-order valence-corrected chi connectivity index (χ2v) is 9.09. The van der Waals surface area contributed by atoms with Gasteiger partial charge in [-0.2, -0.15) is 0 Å². The molecule has 37 heavy (non-hydrogen) atoms. The van der Waals surface area contributed by atoms with E-state index in [-0.39, 0.29) is 31.5 Å². The van der Waals surface area contributed by atoms with E-state index in [1.807, 2.05) is 35.2 Å². The van der Waals surface area contributed by atoms with Gasteiger partial charge in [-0.3, -0.25) is 14.5 Å². The number of cyclic esters (lactones) is 1. The van der Waals surface area contributed by atoms with Crippen LogP contribution in [0.1, 0.15) is 5.56 Å². The summed E-state index contributed by atoms with van der Waals surface area (Å²) in [5.41, 5.74) is 7.74. The minimum atomic E-state index is -0.725. The Kier molecular flexibility index (Phi) is 8.57. The van der Waals surface area contributed by atoms with Crippen molar-refractivity contribution >= 4 is 29.3 Å². The number of nitrogens with zero attached hydrogens (tertiary/aromatic N) is 3. The summed E-state index contributed by atoms with van der Waals surface area (Å²) in [4.78, 5) is 41.7. The Hall–Kier alpha value is -3.70. The number of carbonyl (C=O) groups is 3. The largest absolute Gasteiger partial charge is 0.442 e. The van der Waals surface area contributed by atoms with Gasteiger partial charge in [-0.05, 0) is 30.2 Å². The predicted molar refractivity (Wildman–Crippen MR) is 136 cm³/mol. The first-order chi connectivity index (χ1) is 17.9. The summed E-state index contributed by atoms with van der Waals surface area (Å²) < 4.78 is 25.3. The van der Waals surface area contributed by atoms with E-state index in [0.29, 0.717) is 44.0 Å². The van der Waals surface area contributed by atoms with Crippen LogP contribution in [-0.4, -0.2) is 87.9 Å². The van der Waals surface area contributed by atoms with Crippen LogP contribution in [0.4, 0.5) is 20.6 Å². The van der Waals surface area contributed by atoms with Crippen LogP contribution in [0, 0.1) is 5.82 Å². The molecule has 3 N–H and O–H groups in total. The molecule has 0 aliphatic carbocycles. The molecule has 0 aromatic heterocycles. The number of nitrogens with two attached hydrogens (primary N) is 1.